The third kappa shape index (κ3) is 7.48. The second kappa shape index (κ2) is 9.05. The van der Waals surface area contributed by atoms with E-state index in [2.05, 4.69) is 35.1 Å². The van der Waals surface area contributed by atoms with E-state index in [1.165, 1.54) is 0 Å². The Kier molecular flexibility index (Phi) is 7.75. The Morgan fingerprint density at radius 1 is 1.29 bits per heavy atom. The van der Waals surface area contributed by atoms with Gasteiger partial charge in [0, 0.05) is 11.0 Å². The van der Waals surface area contributed by atoms with Crippen LogP contribution in [0.25, 0.3) is 0 Å². The Hall–Kier alpha value is -1.07. The SMILES string of the molecule is CC(C)CNCc1cc(OCC(=O)OC(C)C)ccc1Br. The second-order valence-corrected chi connectivity index (χ2v) is 6.46. The Morgan fingerprint density at radius 3 is 2.62 bits per heavy atom. The van der Waals surface area contributed by atoms with Crippen LogP contribution in [0.4, 0.5) is 0 Å². The monoisotopic (exact) mass is 357 g/mol. The number of carbonyl (C=O) groups excluding carboxylic acids is 1. The summed E-state index contributed by atoms with van der Waals surface area (Å²) in [5, 5.41) is 3.38. The Balaban J connectivity index is 2.54. The second-order valence-electron chi connectivity index (χ2n) is 5.61. The Labute approximate surface area is 135 Å². The summed E-state index contributed by atoms with van der Waals surface area (Å²) in [6.45, 7) is 9.61. The van der Waals surface area contributed by atoms with E-state index in [-0.39, 0.29) is 18.7 Å². The number of halogens is 1. The lowest BCUT2D eigenvalue weighted by Crippen LogP contribution is -2.20. The number of benzene rings is 1. The van der Waals surface area contributed by atoms with Crippen molar-refractivity contribution in [3.63, 3.8) is 0 Å². The molecule has 1 aromatic rings. The number of rotatable bonds is 8. The van der Waals surface area contributed by atoms with Gasteiger partial charge in [0.05, 0.1) is 6.10 Å². The van der Waals surface area contributed by atoms with E-state index in [0.717, 1.165) is 23.1 Å². The van der Waals surface area contributed by atoms with Crippen molar-refractivity contribution < 1.29 is 14.3 Å². The first-order valence-corrected chi connectivity index (χ1v) is 7.99. The van der Waals surface area contributed by atoms with Crippen LogP contribution in [-0.4, -0.2) is 25.2 Å². The maximum absolute atomic E-state index is 11.5. The molecule has 0 aromatic heterocycles. The number of carbonyl (C=O) groups is 1. The molecule has 0 spiro atoms. The normalized spacial score (nSPS) is 11.0. The molecule has 1 N–H and O–H groups in total. The lowest BCUT2D eigenvalue weighted by molar-refractivity contribution is -0.149. The summed E-state index contributed by atoms with van der Waals surface area (Å²) in [6.07, 6.45) is -0.123. The lowest BCUT2D eigenvalue weighted by atomic mass is 10.2. The van der Waals surface area contributed by atoms with Gasteiger partial charge in [0.2, 0.25) is 0 Å². The number of esters is 1. The van der Waals surface area contributed by atoms with E-state index < -0.39 is 0 Å². The van der Waals surface area contributed by atoms with Gasteiger partial charge in [0.1, 0.15) is 5.75 Å². The zero-order valence-electron chi connectivity index (χ0n) is 13.1. The molecule has 5 heteroatoms. The topological polar surface area (TPSA) is 47.6 Å². The zero-order valence-corrected chi connectivity index (χ0v) is 14.7. The van der Waals surface area contributed by atoms with Crippen LogP contribution < -0.4 is 10.1 Å². The summed E-state index contributed by atoms with van der Waals surface area (Å²) >= 11 is 3.52. The molecule has 21 heavy (non-hydrogen) atoms. The summed E-state index contributed by atoms with van der Waals surface area (Å²) in [5.41, 5.74) is 1.10. The van der Waals surface area contributed by atoms with Gasteiger partial charge in [-0.05, 0) is 50.1 Å². The molecule has 0 amide bonds. The summed E-state index contributed by atoms with van der Waals surface area (Å²) in [6, 6.07) is 5.69. The highest BCUT2D eigenvalue weighted by Crippen LogP contribution is 2.22. The molecule has 0 saturated heterocycles. The number of ether oxygens (including phenoxy) is 2. The van der Waals surface area contributed by atoms with Gasteiger partial charge in [-0.3, -0.25) is 0 Å². The van der Waals surface area contributed by atoms with E-state index in [0.29, 0.717) is 11.7 Å². The van der Waals surface area contributed by atoms with Gasteiger partial charge in [0.15, 0.2) is 6.61 Å². The molecular formula is C16H24BrNO3. The minimum Gasteiger partial charge on any atom is -0.482 e. The highest BCUT2D eigenvalue weighted by molar-refractivity contribution is 9.10. The average Bonchev–Trinajstić information content (AvgIpc) is 2.38. The van der Waals surface area contributed by atoms with Crippen LogP contribution >= 0.6 is 15.9 Å². The van der Waals surface area contributed by atoms with Crippen LogP contribution in [0.15, 0.2) is 22.7 Å². The van der Waals surface area contributed by atoms with Crippen molar-refractivity contribution in [2.45, 2.75) is 40.3 Å². The molecule has 4 nitrogen and oxygen atoms in total. The van der Waals surface area contributed by atoms with Gasteiger partial charge in [-0.25, -0.2) is 4.79 Å². The van der Waals surface area contributed by atoms with Gasteiger partial charge < -0.3 is 14.8 Å². The van der Waals surface area contributed by atoms with Crippen molar-refractivity contribution in [3.8, 4) is 5.75 Å². The molecule has 0 heterocycles. The van der Waals surface area contributed by atoms with Gasteiger partial charge in [-0.1, -0.05) is 29.8 Å². The van der Waals surface area contributed by atoms with Crippen LogP contribution in [-0.2, 0) is 16.1 Å². The van der Waals surface area contributed by atoms with Gasteiger partial charge >= 0.3 is 5.97 Å². The van der Waals surface area contributed by atoms with Crippen molar-refractivity contribution >= 4 is 21.9 Å². The van der Waals surface area contributed by atoms with Crippen LogP contribution in [0, 0.1) is 5.92 Å². The van der Waals surface area contributed by atoms with Crippen molar-refractivity contribution in [1.29, 1.82) is 0 Å². The summed E-state index contributed by atoms with van der Waals surface area (Å²) < 4.78 is 11.5. The molecule has 0 unspecified atom stereocenters. The van der Waals surface area contributed by atoms with Gasteiger partial charge in [-0.15, -0.1) is 0 Å². The van der Waals surface area contributed by atoms with Gasteiger partial charge in [0.25, 0.3) is 0 Å². The van der Waals surface area contributed by atoms with Crippen LogP contribution in [0.1, 0.15) is 33.3 Å². The van der Waals surface area contributed by atoms with Crippen molar-refractivity contribution in [1.82, 2.24) is 5.32 Å². The Bertz CT molecular complexity index is 461. The third-order valence-corrected chi connectivity index (χ3v) is 3.38. The standard InChI is InChI=1S/C16H24BrNO3/c1-11(2)8-18-9-13-7-14(5-6-15(13)17)20-10-16(19)21-12(3)4/h5-7,11-12,18H,8-10H2,1-4H3. The van der Waals surface area contributed by atoms with E-state index in [9.17, 15) is 4.79 Å². The van der Waals surface area contributed by atoms with Crippen LogP contribution in [0.3, 0.4) is 0 Å². The Morgan fingerprint density at radius 2 is 2.00 bits per heavy atom. The molecular weight excluding hydrogens is 334 g/mol. The molecule has 0 bridgehead atoms. The third-order valence-electron chi connectivity index (χ3n) is 2.61. The first kappa shape index (κ1) is 18.0. The molecule has 0 radical (unpaired) electrons. The predicted octanol–water partition coefficient (Wildman–Crippen LogP) is 3.53. The summed E-state index contributed by atoms with van der Waals surface area (Å²) in [4.78, 5) is 11.5. The minimum absolute atomic E-state index is 0.0708. The molecule has 118 valence electrons. The highest BCUT2D eigenvalue weighted by Gasteiger charge is 2.08. The smallest absolute Gasteiger partial charge is 0.344 e. The summed E-state index contributed by atoms with van der Waals surface area (Å²) in [5.74, 6) is 0.918. The van der Waals surface area contributed by atoms with Crippen molar-refractivity contribution in [2.24, 2.45) is 5.92 Å². The van der Waals surface area contributed by atoms with E-state index in [1.807, 2.05) is 32.0 Å². The van der Waals surface area contributed by atoms with Crippen LogP contribution in [0.2, 0.25) is 0 Å². The fourth-order valence-electron chi connectivity index (χ4n) is 1.71. The molecule has 0 saturated carbocycles. The van der Waals surface area contributed by atoms with Crippen molar-refractivity contribution in [3.05, 3.63) is 28.2 Å². The molecule has 0 fully saturated rings. The van der Waals surface area contributed by atoms with E-state index in [1.54, 1.807) is 0 Å². The fourth-order valence-corrected chi connectivity index (χ4v) is 2.10. The molecule has 0 atom stereocenters. The largest absolute Gasteiger partial charge is 0.482 e. The highest BCUT2D eigenvalue weighted by atomic mass is 79.9. The first-order valence-electron chi connectivity index (χ1n) is 7.20. The number of hydrogen-bond donors (Lipinski definition) is 1. The fraction of sp³-hybridized carbons (Fsp3) is 0.562. The average molecular weight is 358 g/mol. The molecule has 1 aromatic carbocycles. The summed E-state index contributed by atoms with van der Waals surface area (Å²) in [7, 11) is 0. The minimum atomic E-state index is -0.354. The van der Waals surface area contributed by atoms with Crippen molar-refractivity contribution in [2.75, 3.05) is 13.2 Å². The maximum Gasteiger partial charge on any atom is 0.344 e. The molecule has 0 aliphatic heterocycles. The molecule has 0 aliphatic carbocycles. The number of nitrogens with one attached hydrogen (secondary N) is 1. The van der Waals surface area contributed by atoms with Crippen LogP contribution in [0.5, 0.6) is 5.75 Å². The molecule has 0 aliphatic rings. The zero-order chi connectivity index (χ0) is 15.8. The van der Waals surface area contributed by atoms with Gasteiger partial charge in [-0.2, -0.15) is 0 Å². The quantitative estimate of drug-likeness (QED) is 0.723. The van der Waals surface area contributed by atoms with E-state index >= 15 is 0 Å². The number of hydrogen-bond acceptors (Lipinski definition) is 4. The lowest BCUT2D eigenvalue weighted by Gasteiger charge is -2.12. The first-order chi connectivity index (χ1) is 9.88. The van der Waals surface area contributed by atoms with E-state index in [4.69, 9.17) is 9.47 Å². The predicted molar refractivity (Wildman–Crippen MR) is 87.4 cm³/mol. The molecule has 1 rings (SSSR count). The maximum atomic E-state index is 11.5.